The average Bonchev–Trinajstić information content (AvgIpc) is 2.70. The van der Waals surface area contributed by atoms with Crippen molar-refractivity contribution in [1.82, 2.24) is 5.43 Å². The van der Waals surface area contributed by atoms with Crippen LogP contribution in [0.2, 0.25) is 10.0 Å². The van der Waals surface area contributed by atoms with E-state index >= 15 is 0 Å². The fourth-order valence-electron chi connectivity index (χ4n) is 1.14. The lowest BCUT2D eigenvalue weighted by molar-refractivity contribution is 1.10. The molecule has 0 saturated heterocycles. The van der Waals surface area contributed by atoms with Crippen LogP contribution in [0.25, 0.3) is 0 Å². The minimum Gasteiger partial charge on any atom is -0.296 e. The highest BCUT2D eigenvalue weighted by molar-refractivity contribution is 8.14. The molecule has 7 heteroatoms. The van der Waals surface area contributed by atoms with Crippen LogP contribution in [-0.2, 0) is 0 Å². The quantitative estimate of drug-likeness (QED) is 0.821. The van der Waals surface area contributed by atoms with Gasteiger partial charge < -0.3 is 0 Å². The number of aliphatic imine (C=N–C) groups is 1. The smallest absolute Gasteiger partial charge is 0.175 e. The molecule has 0 spiro atoms. The first-order valence-electron chi connectivity index (χ1n) is 4.40. The van der Waals surface area contributed by atoms with Gasteiger partial charge in [0.2, 0.25) is 0 Å². The normalized spacial score (nSPS) is 14.0. The summed E-state index contributed by atoms with van der Waals surface area (Å²) in [6.07, 6.45) is 0. The number of hydrazine groups is 1. The van der Waals surface area contributed by atoms with E-state index in [1.807, 2.05) is 0 Å². The zero-order valence-corrected chi connectivity index (χ0v) is 11.3. The van der Waals surface area contributed by atoms with Gasteiger partial charge in [0.1, 0.15) is 0 Å². The third kappa shape index (κ3) is 3.35. The van der Waals surface area contributed by atoms with Gasteiger partial charge in [-0.2, -0.15) is 0 Å². The number of nitrogens with one attached hydrogen (secondary N) is 2. The predicted molar refractivity (Wildman–Crippen MR) is 75.2 cm³/mol. The van der Waals surface area contributed by atoms with Crippen molar-refractivity contribution >= 4 is 58.2 Å². The number of anilines is 1. The summed E-state index contributed by atoms with van der Waals surface area (Å²) in [7, 11) is 0. The molecular weight excluding hydrogens is 289 g/mol. The van der Waals surface area contributed by atoms with Crippen molar-refractivity contribution in [3.8, 4) is 0 Å². The summed E-state index contributed by atoms with van der Waals surface area (Å²) in [5.41, 5.74) is 6.61. The van der Waals surface area contributed by atoms with Crippen molar-refractivity contribution in [2.45, 2.75) is 0 Å². The molecule has 1 aromatic rings. The third-order valence-electron chi connectivity index (χ3n) is 1.84. The van der Waals surface area contributed by atoms with E-state index in [0.717, 1.165) is 17.5 Å². The molecule has 1 heterocycles. The standard InChI is InChI=1S/C9H9Cl2N3S.ClH/c10-6-2-1-3-7(11)8(6)13-14-9-12-4-5-15-9;/h1-3,13H,4-5H2,(H,12,14);1H. The van der Waals surface area contributed by atoms with E-state index in [0.29, 0.717) is 15.7 Å². The van der Waals surface area contributed by atoms with Crippen LogP contribution in [0.1, 0.15) is 0 Å². The van der Waals surface area contributed by atoms with Crippen LogP contribution in [0, 0.1) is 0 Å². The van der Waals surface area contributed by atoms with E-state index < -0.39 is 0 Å². The Morgan fingerprint density at radius 1 is 1.19 bits per heavy atom. The van der Waals surface area contributed by atoms with Crippen LogP contribution in [0.5, 0.6) is 0 Å². The zero-order valence-electron chi connectivity index (χ0n) is 8.17. The monoisotopic (exact) mass is 297 g/mol. The summed E-state index contributed by atoms with van der Waals surface area (Å²) < 4.78 is 0. The van der Waals surface area contributed by atoms with Gasteiger partial charge in [0.15, 0.2) is 5.17 Å². The molecule has 16 heavy (non-hydrogen) atoms. The van der Waals surface area contributed by atoms with E-state index in [2.05, 4.69) is 15.8 Å². The molecule has 0 unspecified atom stereocenters. The van der Waals surface area contributed by atoms with Gasteiger partial charge in [0, 0.05) is 5.75 Å². The Kier molecular flexibility index (Phi) is 5.55. The molecule has 0 atom stereocenters. The molecule has 0 saturated carbocycles. The van der Waals surface area contributed by atoms with Crippen LogP contribution in [0.4, 0.5) is 5.69 Å². The van der Waals surface area contributed by atoms with E-state index in [4.69, 9.17) is 23.2 Å². The van der Waals surface area contributed by atoms with Crippen LogP contribution < -0.4 is 10.9 Å². The maximum Gasteiger partial charge on any atom is 0.175 e. The van der Waals surface area contributed by atoms with E-state index in [9.17, 15) is 0 Å². The molecule has 0 amide bonds. The van der Waals surface area contributed by atoms with Gasteiger partial charge in [-0.15, -0.1) is 12.4 Å². The summed E-state index contributed by atoms with van der Waals surface area (Å²) >= 11 is 13.6. The second-order valence-corrected chi connectivity index (χ2v) is 4.78. The maximum absolute atomic E-state index is 5.98. The Balaban J connectivity index is 0.00000128. The van der Waals surface area contributed by atoms with Gasteiger partial charge in [-0.05, 0) is 12.1 Å². The molecule has 1 aliphatic rings. The molecule has 0 bridgehead atoms. The highest BCUT2D eigenvalue weighted by atomic mass is 35.5. The first kappa shape index (κ1) is 13.8. The minimum atomic E-state index is 0. The van der Waals surface area contributed by atoms with Crippen molar-refractivity contribution in [3.05, 3.63) is 28.2 Å². The highest BCUT2D eigenvalue weighted by Crippen LogP contribution is 2.29. The number of thioether (sulfide) groups is 1. The predicted octanol–water partition coefficient (Wildman–Crippen LogP) is 3.43. The molecule has 0 fully saturated rings. The van der Waals surface area contributed by atoms with E-state index in [1.54, 1.807) is 30.0 Å². The van der Waals surface area contributed by atoms with Crippen molar-refractivity contribution < 1.29 is 0 Å². The second kappa shape index (κ2) is 6.45. The Morgan fingerprint density at radius 2 is 1.88 bits per heavy atom. The lowest BCUT2D eigenvalue weighted by atomic mass is 10.3. The number of hydrogen-bond acceptors (Lipinski definition) is 4. The highest BCUT2D eigenvalue weighted by Gasteiger charge is 2.08. The summed E-state index contributed by atoms with van der Waals surface area (Å²) in [6.45, 7) is 0.852. The summed E-state index contributed by atoms with van der Waals surface area (Å²) in [4.78, 5) is 4.23. The summed E-state index contributed by atoms with van der Waals surface area (Å²) in [6, 6.07) is 5.36. The number of amidine groups is 1. The number of para-hydroxylation sites is 1. The van der Waals surface area contributed by atoms with E-state index in [-0.39, 0.29) is 12.4 Å². The third-order valence-corrected chi connectivity index (χ3v) is 3.36. The number of rotatable bonds is 2. The second-order valence-electron chi connectivity index (χ2n) is 2.88. The van der Waals surface area contributed by atoms with Gasteiger partial charge in [-0.25, -0.2) is 0 Å². The van der Waals surface area contributed by atoms with Gasteiger partial charge in [0.25, 0.3) is 0 Å². The number of nitrogens with zero attached hydrogens (tertiary/aromatic N) is 1. The van der Waals surface area contributed by atoms with Crippen LogP contribution in [0.3, 0.4) is 0 Å². The van der Waals surface area contributed by atoms with Crippen LogP contribution in [-0.4, -0.2) is 17.5 Å². The average molecular weight is 299 g/mol. The SMILES string of the molecule is Cl.Clc1cccc(Cl)c1NNC1=NCCS1. The first-order valence-corrected chi connectivity index (χ1v) is 6.15. The lowest BCUT2D eigenvalue weighted by Gasteiger charge is -2.11. The first-order chi connectivity index (χ1) is 7.27. The molecule has 88 valence electrons. The van der Waals surface area contributed by atoms with Crippen molar-refractivity contribution in [3.63, 3.8) is 0 Å². The Hall–Kier alpha value is -0.290. The van der Waals surface area contributed by atoms with Crippen LogP contribution in [0.15, 0.2) is 23.2 Å². The fourth-order valence-corrected chi connectivity index (χ4v) is 2.32. The molecule has 0 aromatic heterocycles. The van der Waals surface area contributed by atoms with Crippen molar-refractivity contribution in [2.75, 3.05) is 17.7 Å². The molecule has 2 N–H and O–H groups in total. The summed E-state index contributed by atoms with van der Waals surface area (Å²) in [5.74, 6) is 1.01. The number of halogens is 3. The fraction of sp³-hybridized carbons (Fsp3) is 0.222. The molecule has 1 aliphatic heterocycles. The van der Waals surface area contributed by atoms with Gasteiger partial charge >= 0.3 is 0 Å². The number of hydrogen-bond donors (Lipinski definition) is 2. The molecule has 0 radical (unpaired) electrons. The van der Waals surface area contributed by atoms with Crippen molar-refractivity contribution in [2.24, 2.45) is 4.99 Å². The van der Waals surface area contributed by atoms with E-state index in [1.165, 1.54) is 0 Å². The molecule has 2 rings (SSSR count). The lowest BCUT2D eigenvalue weighted by Crippen LogP contribution is -2.26. The molecule has 3 nitrogen and oxygen atoms in total. The Morgan fingerprint density at radius 3 is 2.44 bits per heavy atom. The maximum atomic E-state index is 5.98. The molecular formula is C9H10Cl3N3S. The minimum absolute atomic E-state index is 0. The number of benzene rings is 1. The Labute approximate surface area is 114 Å². The summed E-state index contributed by atoms with van der Waals surface area (Å²) in [5, 5.41) is 2.03. The molecule has 0 aliphatic carbocycles. The Bertz CT molecular complexity index is 377. The van der Waals surface area contributed by atoms with Gasteiger partial charge in [-0.3, -0.25) is 15.8 Å². The molecule has 1 aromatic carbocycles. The largest absolute Gasteiger partial charge is 0.296 e. The van der Waals surface area contributed by atoms with Gasteiger partial charge in [0.05, 0.1) is 22.3 Å². The van der Waals surface area contributed by atoms with Crippen molar-refractivity contribution in [1.29, 1.82) is 0 Å². The van der Waals surface area contributed by atoms with Crippen LogP contribution >= 0.6 is 47.4 Å². The zero-order chi connectivity index (χ0) is 10.7. The van der Waals surface area contributed by atoms with Gasteiger partial charge in [-0.1, -0.05) is 41.0 Å². The topological polar surface area (TPSA) is 36.4 Å².